The Labute approximate surface area is 171 Å². The van der Waals surface area contributed by atoms with E-state index in [2.05, 4.69) is 34.3 Å². The molecule has 27 heavy (non-hydrogen) atoms. The predicted molar refractivity (Wildman–Crippen MR) is 112 cm³/mol. The second kappa shape index (κ2) is 8.86. The second-order valence-electron chi connectivity index (χ2n) is 6.12. The minimum Gasteiger partial charge on any atom is -0.306 e. The molecule has 0 radical (unpaired) electrons. The van der Waals surface area contributed by atoms with Crippen LogP contribution in [0.1, 0.15) is 32.5 Å². The van der Waals surface area contributed by atoms with Crippen LogP contribution in [-0.4, -0.2) is 31.4 Å². The summed E-state index contributed by atoms with van der Waals surface area (Å²) in [5.41, 5.74) is 1.77. The normalized spacial score (nSPS) is 11.1. The number of carbonyl (C=O) groups excluding carboxylic acids is 1. The molecule has 0 fully saturated rings. The first-order chi connectivity index (χ1) is 13.0. The van der Waals surface area contributed by atoms with Crippen LogP contribution in [0.25, 0.3) is 11.3 Å². The topological polar surface area (TPSA) is 72.7 Å². The zero-order valence-corrected chi connectivity index (χ0v) is 17.7. The average molecular weight is 422 g/mol. The van der Waals surface area contributed by atoms with E-state index in [-0.39, 0.29) is 11.7 Å². The maximum Gasteiger partial charge on any atom is 0.236 e. The molecule has 0 aliphatic heterocycles. The molecule has 1 N–H and O–H groups in total. The fourth-order valence-corrected chi connectivity index (χ4v) is 4.17. The third kappa shape index (κ3) is 4.88. The number of halogens is 1. The molecule has 0 bridgehead atoms. The van der Waals surface area contributed by atoms with Gasteiger partial charge < -0.3 is 9.88 Å². The van der Waals surface area contributed by atoms with Gasteiger partial charge in [-0.05, 0) is 19.1 Å². The third-order valence-corrected chi connectivity index (χ3v) is 5.78. The van der Waals surface area contributed by atoms with Gasteiger partial charge in [-0.25, -0.2) is 4.98 Å². The Morgan fingerprint density at radius 1 is 1.30 bits per heavy atom. The number of amides is 1. The Balaban J connectivity index is 1.60. The first-order valence-electron chi connectivity index (χ1n) is 8.55. The van der Waals surface area contributed by atoms with Crippen molar-refractivity contribution in [1.29, 1.82) is 0 Å². The number of benzene rings is 1. The van der Waals surface area contributed by atoms with Crippen LogP contribution in [0, 0.1) is 0 Å². The Kier molecular flexibility index (Phi) is 6.51. The van der Waals surface area contributed by atoms with E-state index >= 15 is 0 Å². The molecule has 0 aliphatic rings. The summed E-state index contributed by atoms with van der Waals surface area (Å²) < 4.78 is 2.05. The highest BCUT2D eigenvalue weighted by Crippen LogP contribution is 2.26. The van der Waals surface area contributed by atoms with Crippen molar-refractivity contribution < 1.29 is 4.79 Å². The average Bonchev–Trinajstić information content (AvgIpc) is 3.27. The monoisotopic (exact) mass is 421 g/mol. The molecule has 9 heteroatoms. The van der Waals surface area contributed by atoms with Crippen LogP contribution in [0.5, 0.6) is 0 Å². The van der Waals surface area contributed by atoms with Crippen molar-refractivity contribution in [2.45, 2.75) is 38.4 Å². The van der Waals surface area contributed by atoms with Crippen molar-refractivity contribution in [3.63, 3.8) is 0 Å². The van der Waals surface area contributed by atoms with Crippen molar-refractivity contribution >= 4 is 45.7 Å². The van der Waals surface area contributed by atoms with Crippen LogP contribution < -0.4 is 5.32 Å². The second-order valence-corrected chi connectivity index (χ2v) is 8.36. The molecule has 0 atom stereocenters. The van der Waals surface area contributed by atoms with Gasteiger partial charge in [0, 0.05) is 28.4 Å². The van der Waals surface area contributed by atoms with Gasteiger partial charge in [-0.2, -0.15) is 0 Å². The summed E-state index contributed by atoms with van der Waals surface area (Å²) in [7, 11) is 0. The highest BCUT2D eigenvalue weighted by Gasteiger charge is 2.16. The van der Waals surface area contributed by atoms with Gasteiger partial charge in [0.05, 0.1) is 11.4 Å². The lowest BCUT2D eigenvalue weighted by molar-refractivity contribution is -0.113. The van der Waals surface area contributed by atoms with Crippen LogP contribution in [0.4, 0.5) is 5.13 Å². The van der Waals surface area contributed by atoms with Gasteiger partial charge in [0.1, 0.15) is 5.82 Å². The largest absolute Gasteiger partial charge is 0.306 e. The van der Waals surface area contributed by atoms with Gasteiger partial charge in [-0.3, -0.25) is 4.79 Å². The number of hydrogen-bond donors (Lipinski definition) is 1. The van der Waals surface area contributed by atoms with Crippen molar-refractivity contribution in [3.8, 4) is 11.3 Å². The van der Waals surface area contributed by atoms with Crippen molar-refractivity contribution in [3.05, 3.63) is 40.5 Å². The summed E-state index contributed by atoms with van der Waals surface area (Å²) in [5.74, 6) is 1.37. The molecule has 1 amide bonds. The van der Waals surface area contributed by atoms with Crippen LogP contribution in [-0.2, 0) is 11.3 Å². The summed E-state index contributed by atoms with van der Waals surface area (Å²) in [6, 6.07) is 7.45. The van der Waals surface area contributed by atoms with E-state index in [0.717, 1.165) is 28.8 Å². The molecule has 2 aromatic heterocycles. The van der Waals surface area contributed by atoms with Gasteiger partial charge in [-0.15, -0.1) is 21.5 Å². The molecular formula is C18H20ClN5OS2. The van der Waals surface area contributed by atoms with Crippen LogP contribution in [0.15, 0.2) is 34.8 Å². The molecule has 3 aromatic rings. The lowest BCUT2D eigenvalue weighted by Crippen LogP contribution is -2.14. The highest BCUT2D eigenvalue weighted by molar-refractivity contribution is 7.99. The van der Waals surface area contributed by atoms with Gasteiger partial charge in [0.15, 0.2) is 10.3 Å². The molecular weight excluding hydrogens is 402 g/mol. The number of aromatic nitrogens is 4. The van der Waals surface area contributed by atoms with E-state index < -0.39 is 0 Å². The maximum absolute atomic E-state index is 12.3. The zero-order chi connectivity index (χ0) is 19.4. The number of thiazole rings is 1. The number of nitrogens with one attached hydrogen (secondary N) is 1. The molecule has 0 spiro atoms. The molecule has 142 valence electrons. The molecule has 3 rings (SSSR count). The van der Waals surface area contributed by atoms with E-state index in [4.69, 9.17) is 11.6 Å². The van der Waals surface area contributed by atoms with Gasteiger partial charge >= 0.3 is 0 Å². The fraction of sp³-hybridized carbons (Fsp3) is 0.333. The van der Waals surface area contributed by atoms with Crippen LogP contribution in [0.3, 0.4) is 0 Å². The number of anilines is 1. The number of carbonyl (C=O) groups is 1. The number of nitrogens with zero attached hydrogens (tertiary/aromatic N) is 4. The van der Waals surface area contributed by atoms with Crippen molar-refractivity contribution in [2.24, 2.45) is 0 Å². The fourth-order valence-electron chi connectivity index (χ4n) is 2.50. The minimum absolute atomic E-state index is 0.117. The number of hydrogen-bond acceptors (Lipinski definition) is 6. The first-order valence-corrected chi connectivity index (χ1v) is 10.8. The Bertz CT molecular complexity index is 920. The van der Waals surface area contributed by atoms with Gasteiger partial charge in [-0.1, -0.05) is 49.3 Å². The lowest BCUT2D eigenvalue weighted by Gasteiger charge is -2.08. The Morgan fingerprint density at radius 3 is 2.70 bits per heavy atom. The molecule has 0 unspecified atom stereocenters. The van der Waals surface area contributed by atoms with E-state index in [1.165, 1.54) is 23.1 Å². The van der Waals surface area contributed by atoms with Crippen molar-refractivity contribution in [1.82, 2.24) is 19.7 Å². The summed E-state index contributed by atoms with van der Waals surface area (Å²) in [4.78, 5) is 16.7. The SMILES string of the molecule is CCn1c(SCC(=O)Nc2nc(-c3ccc(Cl)cc3)cs2)nnc1C(C)C. The van der Waals surface area contributed by atoms with Crippen LogP contribution in [0.2, 0.25) is 5.02 Å². The standard InChI is InChI=1S/C18H20ClN5OS2/c1-4-24-16(11(2)3)22-23-18(24)27-10-15(25)21-17-20-14(9-26-17)12-5-7-13(19)8-6-12/h5-9,11H,4,10H2,1-3H3,(H,20,21,25). The maximum atomic E-state index is 12.3. The number of rotatable bonds is 7. The molecule has 0 saturated heterocycles. The highest BCUT2D eigenvalue weighted by atomic mass is 35.5. The molecule has 6 nitrogen and oxygen atoms in total. The molecule has 0 aliphatic carbocycles. The van der Waals surface area contributed by atoms with Crippen LogP contribution >= 0.6 is 34.7 Å². The first kappa shape index (κ1) is 19.9. The quantitative estimate of drug-likeness (QED) is 0.547. The van der Waals surface area contributed by atoms with Gasteiger partial charge in [0.2, 0.25) is 5.91 Å². The lowest BCUT2D eigenvalue weighted by atomic mass is 10.2. The number of thioether (sulfide) groups is 1. The zero-order valence-electron chi connectivity index (χ0n) is 15.3. The molecule has 2 heterocycles. The Morgan fingerprint density at radius 2 is 2.04 bits per heavy atom. The Hall–Kier alpha value is -1.90. The van der Waals surface area contributed by atoms with E-state index in [0.29, 0.717) is 16.1 Å². The summed E-state index contributed by atoms with van der Waals surface area (Å²) in [5, 5.41) is 15.2. The summed E-state index contributed by atoms with van der Waals surface area (Å²) in [6.45, 7) is 6.99. The van der Waals surface area contributed by atoms with E-state index in [1.54, 1.807) is 0 Å². The minimum atomic E-state index is -0.117. The van der Waals surface area contributed by atoms with Gasteiger partial charge in [0.25, 0.3) is 0 Å². The third-order valence-electron chi connectivity index (χ3n) is 3.80. The smallest absolute Gasteiger partial charge is 0.236 e. The summed E-state index contributed by atoms with van der Waals surface area (Å²) >= 11 is 8.69. The molecule has 0 saturated carbocycles. The van der Waals surface area contributed by atoms with E-state index in [1.807, 2.05) is 41.1 Å². The molecule has 1 aromatic carbocycles. The van der Waals surface area contributed by atoms with Crippen molar-refractivity contribution in [2.75, 3.05) is 11.1 Å². The van der Waals surface area contributed by atoms with E-state index in [9.17, 15) is 4.79 Å². The predicted octanol–water partition coefficient (Wildman–Crippen LogP) is 4.93. The summed E-state index contributed by atoms with van der Waals surface area (Å²) in [6.07, 6.45) is 0.